The van der Waals surface area contributed by atoms with Gasteiger partial charge in [0.15, 0.2) is 5.82 Å². The molecule has 3 aromatic rings. The second-order valence-corrected chi connectivity index (χ2v) is 5.65. The van der Waals surface area contributed by atoms with Crippen molar-refractivity contribution in [2.75, 3.05) is 4.90 Å². The van der Waals surface area contributed by atoms with E-state index in [1.54, 1.807) is 11.8 Å². The fourth-order valence-corrected chi connectivity index (χ4v) is 3.46. The zero-order valence-corrected chi connectivity index (χ0v) is 11.5. The van der Waals surface area contributed by atoms with Gasteiger partial charge >= 0.3 is 0 Å². The summed E-state index contributed by atoms with van der Waals surface area (Å²) in [6.07, 6.45) is 1.85. The predicted octanol–water partition coefficient (Wildman–Crippen LogP) is 5.02. The summed E-state index contributed by atoms with van der Waals surface area (Å²) >= 11 is 1.78. The van der Waals surface area contributed by atoms with Crippen molar-refractivity contribution in [3.05, 3.63) is 72.9 Å². The summed E-state index contributed by atoms with van der Waals surface area (Å²) in [6, 6.07) is 23.0. The van der Waals surface area contributed by atoms with E-state index in [1.807, 2.05) is 18.3 Å². The summed E-state index contributed by atoms with van der Waals surface area (Å²) in [7, 11) is 0. The van der Waals surface area contributed by atoms with Crippen LogP contribution in [-0.2, 0) is 0 Å². The number of nitrogens with zero attached hydrogens (tertiary/aromatic N) is 2. The van der Waals surface area contributed by atoms with Crippen molar-refractivity contribution in [2.45, 2.75) is 9.79 Å². The van der Waals surface area contributed by atoms with Crippen molar-refractivity contribution in [1.82, 2.24) is 4.98 Å². The van der Waals surface area contributed by atoms with Gasteiger partial charge in [-0.2, -0.15) is 0 Å². The van der Waals surface area contributed by atoms with Crippen LogP contribution in [0.25, 0.3) is 0 Å². The lowest BCUT2D eigenvalue weighted by Crippen LogP contribution is -2.15. The van der Waals surface area contributed by atoms with Gasteiger partial charge in [0.1, 0.15) is 0 Å². The summed E-state index contributed by atoms with van der Waals surface area (Å²) in [5.74, 6) is 1.00. The van der Waals surface area contributed by atoms with E-state index < -0.39 is 0 Å². The average Bonchev–Trinajstić information content (AvgIpc) is 2.53. The minimum Gasteiger partial charge on any atom is -0.293 e. The van der Waals surface area contributed by atoms with Crippen molar-refractivity contribution in [1.29, 1.82) is 0 Å². The van der Waals surface area contributed by atoms with Gasteiger partial charge in [-0.25, -0.2) is 4.98 Å². The Bertz CT molecular complexity index is 710. The van der Waals surface area contributed by atoms with E-state index in [0.717, 1.165) is 11.5 Å². The lowest BCUT2D eigenvalue weighted by molar-refractivity contribution is 1.09. The zero-order valence-electron chi connectivity index (χ0n) is 10.7. The smallest absolute Gasteiger partial charge is 0.151 e. The monoisotopic (exact) mass is 276 g/mol. The molecule has 2 aromatic carbocycles. The molecule has 1 aliphatic rings. The SMILES string of the molecule is c1ccc(N2c3ccccc3Sc3cccnc32)cc1. The lowest BCUT2D eigenvalue weighted by atomic mass is 10.2. The van der Waals surface area contributed by atoms with E-state index in [2.05, 4.69) is 64.5 Å². The lowest BCUT2D eigenvalue weighted by Gasteiger charge is -2.31. The normalized spacial score (nSPS) is 12.7. The third kappa shape index (κ3) is 1.79. The van der Waals surface area contributed by atoms with Crippen molar-refractivity contribution >= 4 is 29.0 Å². The molecule has 0 aliphatic carbocycles. The fraction of sp³-hybridized carbons (Fsp3) is 0. The number of rotatable bonds is 1. The second kappa shape index (κ2) is 4.69. The van der Waals surface area contributed by atoms with Gasteiger partial charge in [-0.3, -0.25) is 4.90 Å². The topological polar surface area (TPSA) is 16.1 Å². The van der Waals surface area contributed by atoms with Crippen molar-refractivity contribution < 1.29 is 0 Å². The number of pyridine rings is 1. The van der Waals surface area contributed by atoms with Crippen molar-refractivity contribution in [2.24, 2.45) is 0 Å². The molecular weight excluding hydrogens is 264 g/mol. The Kier molecular flexibility index (Phi) is 2.71. The van der Waals surface area contributed by atoms with Gasteiger partial charge in [0.2, 0.25) is 0 Å². The molecule has 0 saturated carbocycles. The molecule has 0 saturated heterocycles. The molecule has 0 radical (unpaired) electrons. The molecule has 0 unspecified atom stereocenters. The Morgan fingerprint density at radius 3 is 2.40 bits per heavy atom. The minimum absolute atomic E-state index is 1.00. The number of para-hydroxylation sites is 2. The minimum atomic E-state index is 1.00. The molecule has 96 valence electrons. The molecule has 0 N–H and O–H groups in total. The summed E-state index contributed by atoms with van der Waals surface area (Å²) in [5.41, 5.74) is 2.33. The van der Waals surface area contributed by atoms with Crippen LogP contribution < -0.4 is 4.90 Å². The number of aromatic nitrogens is 1. The van der Waals surface area contributed by atoms with Crippen LogP contribution in [0.15, 0.2) is 82.7 Å². The first kappa shape index (κ1) is 11.6. The van der Waals surface area contributed by atoms with Crippen LogP contribution in [0.2, 0.25) is 0 Å². The molecule has 0 fully saturated rings. The third-order valence-electron chi connectivity index (χ3n) is 3.30. The molecule has 20 heavy (non-hydrogen) atoms. The summed E-state index contributed by atoms with van der Waals surface area (Å²) in [5, 5.41) is 0. The first-order valence-corrected chi connectivity index (χ1v) is 7.32. The first-order chi connectivity index (χ1) is 9.93. The molecule has 3 heteroatoms. The summed E-state index contributed by atoms with van der Waals surface area (Å²) in [4.78, 5) is 9.26. The number of hydrogen-bond donors (Lipinski definition) is 0. The van der Waals surface area contributed by atoms with Gasteiger partial charge in [-0.1, -0.05) is 42.1 Å². The molecule has 2 heterocycles. The van der Waals surface area contributed by atoms with Crippen LogP contribution >= 0.6 is 11.8 Å². The molecular formula is C17H12N2S. The van der Waals surface area contributed by atoms with E-state index >= 15 is 0 Å². The van der Waals surface area contributed by atoms with E-state index in [9.17, 15) is 0 Å². The molecule has 1 aliphatic heterocycles. The van der Waals surface area contributed by atoms with Crippen LogP contribution in [0.4, 0.5) is 17.2 Å². The fourth-order valence-electron chi connectivity index (χ4n) is 2.43. The Balaban J connectivity index is 1.98. The quantitative estimate of drug-likeness (QED) is 0.486. The Morgan fingerprint density at radius 1 is 0.750 bits per heavy atom. The Morgan fingerprint density at radius 2 is 1.50 bits per heavy atom. The zero-order chi connectivity index (χ0) is 13.4. The molecule has 4 rings (SSSR count). The highest BCUT2D eigenvalue weighted by molar-refractivity contribution is 7.99. The molecule has 1 aromatic heterocycles. The van der Waals surface area contributed by atoms with Gasteiger partial charge < -0.3 is 0 Å². The Hall–Kier alpha value is -2.26. The maximum Gasteiger partial charge on any atom is 0.151 e. The van der Waals surface area contributed by atoms with E-state index in [-0.39, 0.29) is 0 Å². The van der Waals surface area contributed by atoms with Gasteiger partial charge in [-0.05, 0) is 36.4 Å². The maximum atomic E-state index is 4.58. The van der Waals surface area contributed by atoms with Gasteiger partial charge in [-0.15, -0.1) is 0 Å². The molecule has 0 amide bonds. The van der Waals surface area contributed by atoms with Gasteiger partial charge in [0, 0.05) is 16.8 Å². The molecule has 0 spiro atoms. The maximum absolute atomic E-state index is 4.58. The van der Waals surface area contributed by atoms with Crippen LogP contribution in [0.1, 0.15) is 0 Å². The van der Waals surface area contributed by atoms with Crippen molar-refractivity contribution in [3.8, 4) is 0 Å². The summed E-state index contributed by atoms with van der Waals surface area (Å²) in [6.45, 7) is 0. The molecule has 0 bridgehead atoms. The summed E-state index contributed by atoms with van der Waals surface area (Å²) < 4.78 is 0. The standard InChI is InChI=1S/C17H12N2S/c1-2-7-13(8-3-1)19-14-9-4-5-10-15(14)20-16-11-6-12-18-17(16)19/h1-12H. The van der Waals surface area contributed by atoms with Crippen LogP contribution in [0, 0.1) is 0 Å². The number of anilines is 3. The van der Waals surface area contributed by atoms with Crippen LogP contribution in [0.5, 0.6) is 0 Å². The van der Waals surface area contributed by atoms with Crippen LogP contribution in [0.3, 0.4) is 0 Å². The van der Waals surface area contributed by atoms with Crippen molar-refractivity contribution in [3.63, 3.8) is 0 Å². The second-order valence-electron chi connectivity index (χ2n) is 4.57. The largest absolute Gasteiger partial charge is 0.293 e. The van der Waals surface area contributed by atoms with Gasteiger partial charge in [0.05, 0.1) is 10.6 Å². The van der Waals surface area contributed by atoms with Crippen LogP contribution in [-0.4, -0.2) is 4.98 Å². The average molecular weight is 276 g/mol. The van der Waals surface area contributed by atoms with E-state index in [4.69, 9.17) is 0 Å². The molecule has 2 nitrogen and oxygen atoms in total. The highest BCUT2D eigenvalue weighted by Crippen LogP contribution is 2.49. The highest BCUT2D eigenvalue weighted by Gasteiger charge is 2.24. The van der Waals surface area contributed by atoms with Gasteiger partial charge in [0.25, 0.3) is 0 Å². The number of fused-ring (bicyclic) bond motifs is 2. The number of benzene rings is 2. The molecule has 0 atom stereocenters. The third-order valence-corrected chi connectivity index (χ3v) is 4.41. The van der Waals surface area contributed by atoms with E-state index in [1.165, 1.54) is 15.5 Å². The first-order valence-electron chi connectivity index (χ1n) is 6.50. The Labute approximate surface area is 122 Å². The number of hydrogen-bond acceptors (Lipinski definition) is 3. The van der Waals surface area contributed by atoms with E-state index in [0.29, 0.717) is 0 Å². The predicted molar refractivity (Wildman–Crippen MR) is 83.0 cm³/mol. The highest BCUT2D eigenvalue weighted by atomic mass is 32.2.